The first-order valence-electron chi connectivity index (χ1n) is 5.88. The number of nitrogens with one attached hydrogen (secondary N) is 2. The maximum absolute atomic E-state index is 11.4. The molecule has 1 heterocycles. The summed E-state index contributed by atoms with van der Waals surface area (Å²) in [4.78, 5) is 29.3. The molecule has 0 saturated carbocycles. The number of nitrogens with two attached hydrogens (primary N) is 1. The third-order valence-electron chi connectivity index (χ3n) is 2.23. The van der Waals surface area contributed by atoms with Crippen LogP contribution in [0.3, 0.4) is 0 Å². The minimum atomic E-state index is -0.184. The lowest BCUT2D eigenvalue weighted by atomic mass is 10.2. The number of thioether (sulfide) groups is 1. The number of amides is 1. The van der Waals surface area contributed by atoms with Gasteiger partial charge in [0, 0.05) is 23.9 Å². The molecule has 0 saturated heterocycles. The van der Waals surface area contributed by atoms with Crippen LogP contribution < -0.4 is 16.8 Å². The normalized spacial score (nSPS) is 10.3. The number of carbonyl (C=O) groups excluding carboxylic acids is 1. The van der Waals surface area contributed by atoms with Crippen molar-refractivity contribution in [2.45, 2.75) is 37.8 Å². The van der Waals surface area contributed by atoms with Gasteiger partial charge in [-0.25, -0.2) is 10.8 Å². The fraction of sp³-hybridized carbons (Fsp3) is 0.545. The average Bonchev–Trinajstić information content (AvgIpc) is 2.34. The summed E-state index contributed by atoms with van der Waals surface area (Å²) in [5, 5.41) is 0.610. The van der Waals surface area contributed by atoms with Gasteiger partial charge in [0.25, 0.3) is 5.56 Å². The van der Waals surface area contributed by atoms with E-state index in [2.05, 4.69) is 15.4 Å². The number of hydrogen-bond donors (Lipinski definition) is 3. The second-order valence-electron chi connectivity index (χ2n) is 3.81. The molecule has 0 bridgehead atoms. The quantitative estimate of drug-likeness (QED) is 0.168. The SMILES string of the molecule is CCCc1cc(=O)[nH]c(SCCCC(=O)NN)n1. The van der Waals surface area contributed by atoms with E-state index in [0.29, 0.717) is 23.8 Å². The van der Waals surface area contributed by atoms with E-state index >= 15 is 0 Å². The van der Waals surface area contributed by atoms with Gasteiger partial charge >= 0.3 is 0 Å². The van der Waals surface area contributed by atoms with Crippen molar-refractivity contribution in [1.29, 1.82) is 0 Å². The Morgan fingerprint density at radius 1 is 1.61 bits per heavy atom. The van der Waals surface area contributed by atoms with E-state index in [1.165, 1.54) is 17.8 Å². The summed E-state index contributed by atoms with van der Waals surface area (Å²) in [7, 11) is 0. The third-order valence-corrected chi connectivity index (χ3v) is 3.19. The van der Waals surface area contributed by atoms with Crippen LogP contribution in [0.5, 0.6) is 0 Å². The molecule has 7 heteroatoms. The molecule has 0 aliphatic rings. The Kier molecular flexibility index (Phi) is 6.45. The lowest BCUT2D eigenvalue weighted by molar-refractivity contribution is -0.121. The van der Waals surface area contributed by atoms with Gasteiger partial charge in [0.1, 0.15) is 0 Å². The molecule has 1 aromatic rings. The number of hydrazine groups is 1. The summed E-state index contributed by atoms with van der Waals surface area (Å²) in [6.07, 6.45) is 2.82. The van der Waals surface area contributed by atoms with Crippen molar-refractivity contribution in [3.8, 4) is 0 Å². The summed E-state index contributed by atoms with van der Waals surface area (Å²) >= 11 is 1.44. The molecule has 100 valence electrons. The van der Waals surface area contributed by atoms with Gasteiger partial charge in [0.15, 0.2) is 5.16 Å². The number of aryl methyl sites for hydroxylation is 1. The van der Waals surface area contributed by atoms with E-state index in [0.717, 1.165) is 18.5 Å². The molecular formula is C11H18N4O2S. The van der Waals surface area contributed by atoms with Crippen LogP contribution in [0.4, 0.5) is 0 Å². The van der Waals surface area contributed by atoms with Gasteiger partial charge in [-0.15, -0.1) is 0 Å². The highest BCUT2D eigenvalue weighted by Crippen LogP contribution is 2.13. The van der Waals surface area contributed by atoms with E-state index in [4.69, 9.17) is 5.84 Å². The van der Waals surface area contributed by atoms with Gasteiger partial charge < -0.3 is 4.98 Å². The first kappa shape index (κ1) is 14.7. The van der Waals surface area contributed by atoms with Crippen LogP contribution in [-0.4, -0.2) is 21.6 Å². The Balaban J connectivity index is 2.46. The van der Waals surface area contributed by atoms with Gasteiger partial charge in [-0.05, 0) is 12.8 Å². The first-order valence-corrected chi connectivity index (χ1v) is 6.86. The molecule has 0 radical (unpaired) electrons. The molecule has 1 rings (SSSR count). The number of aromatic nitrogens is 2. The molecule has 1 amide bonds. The lowest BCUT2D eigenvalue weighted by Crippen LogP contribution is -2.29. The van der Waals surface area contributed by atoms with E-state index < -0.39 is 0 Å². The van der Waals surface area contributed by atoms with Crippen LogP contribution in [0.1, 0.15) is 31.9 Å². The van der Waals surface area contributed by atoms with Crippen molar-refractivity contribution < 1.29 is 4.79 Å². The molecule has 0 aromatic carbocycles. The van der Waals surface area contributed by atoms with Gasteiger partial charge in [-0.1, -0.05) is 25.1 Å². The van der Waals surface area contributed by atoms with Crippen LogP contribution in [0.25, 0.3) is 0 Å². The van der Waals surface area contributed by atoms with Crippen molar-refractivity contribution in [3.63, 3.8) is 0 Å². The molecular weight excluding hydrogens is 252 g/mol. The molecule has 0 aliphatic carbocycles. The van der Waals surface area contributed by atoms with Gasteiger partial charge in [-0.2, -0.15) is 0 Å². The van der Waals surface area contributed by atoms with Gasteiger partial charge in [0.2, 0.25) is 5.91 Å². The highest BCUT2D eigenvalue weighted by molar-refractivity contribution is 7.99. The number of hydrogen-bond acceptors (Lipinski definition) is 5. The van der Waals surface area contributed by atoms with Crippen molar-refractivity contribution >= 4 is 17.7 Å². The van der Waals surface area contributed by atoms with Gasteiger partial charge in [0.05, 0.1) is 0 Å². The molecule has 0 aliphatic heterocycles. The van der Waals surface area contributed by atoms with Crippen LogP contribution in [0.15, 0.2) is 16.0 Å². The first-order chi connectivity index (χ1) is 8.65. The average molecular weight is 270 g/mol. The second kappa shape index (κ2) is 7.88. The predicted molar refractivity (Wildman–Crippen MR) is 71.1 cm³/mol. The maximum Gasteiger partial charge on any atom is 0.251 e. The Morgan fingerprint density at radius 2 is 2.39 bits per heavy atom. The highest BCUT2D eigenvalue weighted by Gasteiger charge is 2.03. The minimum absolute atomic E-state index is 0.129. The van der Waals surface area contributed by atoms with Crippen LogP contribution >= 0.6 is 11.8 Å². The number of nitrogens with zero attached hydrogens (tertiary/aromatic N) is 1. The summed E-state index contributed by atoms with van der Waals surface area (Å²) in [6, 6.07) is 1.52. The summed E-state index contributed by atoms with van der Waals surface area (Å²) in [5.41, 5.74) is 2.76. The Labute approximate surface area is 110 Å². The van der Waals surface area contributed by atoms with E-state index in [1.54, 1.807) is 0 Å². The summed E-state index contributed by atoms with van der Waals surface area (Å²) < 4.78 is 0. The zero-order chi connectivity index (χ0) is 13.4. The lowest BCUT2D eigenvalue weighted by Gasteiger charge is -2.03. The molecule has 0 fully saturated rings. The molecule has 18 heavy (non-hydrogen) atoms. The molecule has 0 unspecified atom stereocenters. The molecule has 0 atom stereocenters. The smallest absolute Gasteiger partial charge is 0.251 e. The molecule has 1 aromatic heterocycles. The standard InChI is InChI=1S/C11H18N4O2S/c1-2-4-8-7-10(17)14-11(13-8)18-6-3-5-9(16)15-12/h7H,2-6,12H2,1H3,(H,15,16)(H,13,14,17). The van der Waals surface area contributed by atoms with Crippen LogP contribution in [0.2, 0.25) is 0 Å². The second-order valence-corrected chi connectivity index (χ2v) is 4.90. The van der Waals surface area contributed by atoms with Gasteiger partial charge in [-0.3, -0.25) is 15.0 Å². The maximum atomic E-state index is 11.4. The number of H-pyrrole nitrogens is 1. The van der Waals surface area contributed by atoms with Crippen molar-refractivity contribution in [1.82, 2.24) is 15.4 Å². The number of rotatable bonds is 7. The molecule has 0 spiro atoms. The number of aromatic amines is 1. The highest BCUT2D eigenvalue weighted by atomic mass is 32.2. The monoisotopic (exact) mass is 270 g/mol. The fourth-order valence-corrected chi connectivity index (χ4v) is 2.25. The Bertz CT molecular complexity index is 447. The predicted octanol–water partition coefficient (Wildman–Crippen LogP) is 0.585. The van der Waals surface area contributed by atoms with Crippen molar-refractivity contribution in [3.05, 3.63) is 22.1 Å². The van der Waals surface area contributed by atoms with Crippen molar-refractivity contribution in [2.75, 3.05) is 5.75 Å². The van der Waals surface area contributed by atoms with E-state index in [-0.39, 0.29) is 11.5 Å². The summed E-state index contributed by atoms with van der Waals surface area (Å²) in [6.45, 7) is 2.04. The van der Waals surface area contributed by atoms with E-state index in [1.807, 2.05) is 6.92 Å². The zero-order valence-corrected chi connectivity index (χ0v) is 11.2. The third kappa shape index (κ3) is 5.33. The molecule has 4 N–H and O–H groups in total. The Hall–Kier alpha value is -1.34. The molecule has 6 nitrogen and oxygen atoms in total. The minimum Gasteiger partial charge on any atom is -0.301 e. The zero-order valence-electron chi connectivity index (χ0n) is 10.4. The van der Waals surface area contributed by atoms with Crippen LogP contribution in [0, 0.1) is 0 Å². The summed E-state index contributed by atoms with van der Waals surface area (Å²) in [5.74, 6) is 5.50. The van der Waals surface area contributed by atoms with Crippen molar-refractivity contribution in [2.24, 2.45) is 5.84 Å². The van der Waals surface area contributed by atoms with Crippen LogP contribution in [-0.2, 0) is 11.2 Å². The topological polar surface area (TPSA) is 101 Å². The fourth-order valence-electron chi connectivity index (χ4n) is 1.41. The Morgan fingerprint density at radius 3 is 3.06 bits per heavy atom. The van der Waals surface area contributed by atoms with E-state index in [9.17, 15) is 9.59 Å². The largest absolute Gasteiger partial charge is 0.301 e. The number of carbonyl (C=O) groups is 1.